The van der Waals surface area contributed by atoms with Gasteiger partial charge in [0.2, 0.25) is 6.41 Å². The second kappa shape index (κ2) is 5.87. The molecule has 0 bridgehead atoms. The first-order valence-electron chi connectivity index (χ1n) is 5.57. The summed E-state index contributed by atoms with van der Waals surface area (Å²) in [5, 5.41) is 11.4. The van der Waals surface area contributed by atoms with Gasteiger partial charge >= 0.3 is 5.97 Å². The van der Waals surface area contributed by atoms with Crippen LogP contribution in [0.1, 0.15) is 47.0 Å². The molecular formula is C12H23NO3. The van der Waals surface area contributed by atoms with Gasteiger partial charge in [0.05, 0.1) is 6.42 Å². The van der Waals surface area contributed by atoms with Crippen molar-refractivity contribution in [2.75, 3.05) is 6.54 Å². The van der Waals surface area contributed by atoms with Crippen LogP contribution in [0.25, 0.3) is 0 Å². The van der Waals surface area contributed by atoms with Crippen LogP contribution in [-0.4, -0.2) is 24.0 Å². The zero-order chi connectivity index (χ0) is 12.8. The smallest absolute Gasteiger partial charge is 0.303 e. The Kier molecular flexibility index (Phi) is 5.48. The number of hydrogen-bond donors (Lipinski definition) is 2. The largest absolute Gasteiger partial charge is 0.481 e. The van der Waals surface area contributed by atoms with Crippen LogP contribution in [0.4, 0.5) is 0 Å². The first kappa shape index (κ1) is 14.9. The highest BCUT2D eigenvalue weighted by molar-refractivity contribution is 5.67. The minimum absolute atomic E-state index is 0.0367. The third-order valence-corrected chi connectivity index (χ3v) is 2.62. The van der Waals surface area contributed by atoms with Crippen molar-refractivity contribution in [2.24, 2.45) is 10.8 Å². The van der Waals surface area contributed by atoms with Crippen LogP contribution in [0.3, 0.4) is 0 Å². The Morgan fingerprint density at radius 3 is 2.25 bits per heavy atom. The van der Waals surface area contributed by atoms with Crippen LogP contribution in [0.15, 0.2) is 0 Å². The topological polar surface area (TPSA) is 66.4 Å². The summed E-state index contributed by atoms with van der Waals surface area (Å²) in [6.07, 6.45) is 2.55. The minimum atomic E-state index is -0.758. The number of nitrogens with one attached hydrogen (secondary N) is 1. The van der Waals surface area contributed by atoms with E-state index in [2.05, 4.69) is 19.2 Å². The van der Waals surface area contributed by atoms with Gasteiger partial charge in [-0.3, -0.25) is 9.59 Å². The van der Waals surface area contributed by atoms with Gasteiger partial charge in [-0.2, -0.15) is 0 Å². The summed E-state index contributed by atoms with van der Waals surface area (Å²) >= 11 is 0. The lowest BCUT2D eigenvalue weighted by Crippen LogP contribution is -2.28. The predicted molar refractivity (Wildman–Crippen MR) is 63.1 cm³/mol. The number of carboxylic acids is 1. The maximum absolute atomic E-state index is 10.7. The quantitative estimate of drug-likeness (QED) is 0.494. The molecule has 0 unspecified atom stereocenters. The Hall–Kier alpha value is -1.06. The van der Waals surface area contributed by atoms with E-state index in [-0.39, 0.29) is 17.3 Å². The molecule has 0 atom stereocenters. The lowest BCUT2D eigenvalue weighted by molar-refractivity contribution is -0.139. The van der Waals surface area contributed by atoms with E-state index in [0.717, 1.165) is 12.8 Å². The maximum Gasteiger partial charge on any atom is 0.303 e. The fourth-order valence-corrected chi connectivity index (χ4v) is 2.33. The third kappa shape index (κ3) is 7.26. The molecule has 0 saturated heterocycles. The fraction of sp³-hybridized carbons (Fsp3) is 0.833. The van der Waals surface area contributed by atoms with Gasteiger partial charge in [0, 0.05) is 6.54 Å². The zero-order valence-electron chi connectivity index (χ0n) is 10.7. The van der Waals surface area contributed by atoms with E-state index < -0.39 is 5.97 Å². The Bertz CT molecular complexity index is 247. The van der Waals surface area contributed by atoms with Gasteiger partial charge in [-0.15, -0.1) is 0 Å². The van der Waals surface area contributed by atoms with Gasteiger partial charge in [-0.25, -0.2) is 0 Å². The van der Waals surface area contributed by atoms with Crippen LogP contribution in [0.5, 0.6) is 0 Å². The van der Waals surface area contributed by atoms with E-state index in [4.69, 9.17) is 5.11 Å². The summed E-state index contributed by atoms with van der Waals surface area (Å²) in [6, 6.07) is 0. The molecule has 0 fully saturated rings. The van der Waals surface area contributed by atoms with Crippen molar-refractivity contribution >= 4 is 12.4 Å². The molecule has 2 N–H and O–H groups in total. The summed E-state index contributed by atoms with van der Waals surface area (Å²) < 4.78 is 0. The van der Waals surface area contributed by atoms with E-state index in [9.17, 15) is 9.59 Å². The van der Waals surface area contributed by atoms with Gasteiger partial charge in [-0.05, 0) is 23.7 Å². The SMILES string of the molecule is CC(C)(CCNC=O)CC(C)(C)CC(=O)O. The number of amides is 1. The highest BCUT2D eigenvalue weighted by Crippen LogP contribution is 2.38. The Balaban J connectivity index is 4.21. The molecule has 0 heterocycles. The standard InChI is InChI=1S/C12H23NO3/c1-11(2,5-6-13-9-14)8-12(3,4)7-10(15)16/h9H,5-8H2,1-4H3,(H,13,14)(H,15,16). The van der Waals surface area contributed by atoms with Crippen molar-refractivity contribution in [3.63, 3.8) is 0 Å². The van der Waals surface area contributed by atoms with Crippen molar-refractivity contribution in [1.82, 2.24) is 5.32 Å². The van der Waals surface area contributed by atoms with Crippen molar-refractivity contribution in [3.8, 4) is 0 Å². The number of carbonyl (C=O) groups excluding carboxylic acids is 1. The van der Waals surface area contributed by atoms with Crippen molar-refractivity contribution < 1.29 is 14.7 Å². The lowest BCUT2D eigenvalue weighted by atomic mass is 9.72. The first-order valence-corrected chi connectivity index (χ1v) is 5.57. The van der Waals surface area contributed by atoms with E-state index in [0.29, 0.717) is 13.0 Å². The van der Waals surface area contributed by atoms with Crippen LogP contribution < -0.4 is 5.32 Å². The van der Waals surface area contributed by atoms with Gasteiger partial charge in [0.25, 0.3) is 0 Å². The van der Waals surface area contributed by atoms with Crippen LogP contribution in [0.2, 0.25) is 0 Å². The Morgan fingerprint density at radius 1 is 1.25 bits per heavy atom. The molecule has 0 aliphatic rings. The molecule has 4 heteroatoms. The molecule has 94 valence electrons. The molecule has 0 aromatic rings. The lowest BCUT2D eigenvalue weighted by Gasteiger charge is -2.34. The fourth-order valence-electron chi connectivity index (χ4n) is 2.33. The average Bonchev–Trinajstić information content (AvgIpc) is 1.98. The molecule has 0 aliphatic carbocycles. The molecule has 0 radical (unpaired) electrons. The zero-order valence-corrected chi connectivity index (χ0v) is 10.7. The van der Waals surface area contributed by atoms with E-state index in [1.165, 1.54) is 0 Å². The minimum Gasteiger partial charge on any atom is -0.481 e. The molecule has 0 aromatic carbocycles. The molecule has 1 amide bonds. The van der Waals surface area contributed by atoms with Gasteiger partial charge in [0.15, 0.2) is 0 Å². The number of carbonyl (C=O) groups is 2. The molecule has 0 saturated carbocycles. The predicted octanol–water partition coefficient (Wildman–Crippen LogP) is 2.04. The summed E-state index contributed by atoms with van der Waals surface area (Å²) in [6.45, 7) is 8.78. The third-order valence-electron chi connectivity index (χ3n) is 2.62. The van der Waals surface area contributed by atoms with Crippen molar-refractivity contribution in [3.05, 3.63) is 0 Å². The molecule has 0 rings (SSSR count). The number of hydrogen-bond acceptors (Lipinski definition) is 2. The average molecular weight is 229 g/mol. The molecule has 0 spiro atoms. The highest BCUT2D eigenvalue weighted by atomic mass is 16.4. The van der Waals surface area contributed by atoms with E-state index >= 15 is 0 Å². The van der Waals surface area contributed by atoms with Crippen LogP contribution >= 0.6 is 0 Å². The summed E-state index contributed by atoms with van der Waals surface area (Å²) in [5.74, 6) is -0.758. The molecule has 16 heavy (non-hydrogen) atoms. The number of aliphatic carboxylic acids is 1. The maximum atomic E-state index is 10.7. The van der Waals surface area contributed by atoms with E-state index in [1.807, 2.05) is 13.8 Å². The molecule has 0 aromatic heterocycles. The van der Waals surface area contributed by atoms with Crippen molar-refractivity contribution in [1.29, 1.82) is 0 Å². The van der Waals surface area contributed by atoms with Gasteiger partial charge < -0.3 is 10.4 Å². The van der Waals surface area contributed by atoms with Crippen molar-refractivity contribution in [2.45, 2.75) is 47.0 Å². The molecular weight excluding hydrogens is 206 g/mol. The number of rotatable bonds is 8. The normalized spacial score (nSPS) is 12.2. The van der Waals surface area contributed by atoms with Crippen LogP contribution in [-0.2, 0) is 9.59 Å². The summed E-state index contributed by atoms with van der Waals surface area (Å²) in [4.78, 5) is 20.8. The molecule has 4 nitrogen and oxygen atoms in total. The second-order valence-corrected chi connectivity index (χ2v) is 5.90. The molecule has 0 aliphatic heterocycles. The van der Waals surface area contributed by atoms with Gasteiger partial charge in [-0.1, -0.05) is 27.7 Å². The Morgan fingerprint density at radius 2 is 1.81 bits per heavy atom. The monoisotopic (exact) mass is 229 g/mol. The van der Waals surface area contributed by atoms with Crippen LogP contribution in [0, 0.1) is 10.8 Å². The summed E-state index contributed by atoms with van der Waals surface area (Å²) in [7, 11) is 0. The van der Waals surface area contributed by atoms with Gasteiger partial charge in [0.1, 0.15) is 0 Å². The Labute approximate surface area is 97.4 Å². The summed E-state index contributed by atoms with van der Waals surface area (Å²) in [5.41, 5.74) is -0.175. The highest BCUT2D eigenvalue weighted by Gasteiger charge is 2.30. The number of carboxylic acid groups (broad SMARTS) is 1. The first-order chi connectivity index (χ1) is 7.18. The van der Waals surface area contributed by atoms with E-state index in [1.54, 1.807) is 0 Å². The second-order valence-electron chi connectivity index (χ2n) is 5.90.